The lowest BCUT2D eigenvalue weighted by Crippen LogP contribution is -2.29. The van der Waals surface area contributed by atoms with Crippen LogP contribution in [-0.4, -0.2) is 27.5 Å². The molecule has 1 fully saturated rings. The van der Waals surface area contributed by atoms with Crippen molar-refractivity contribution in [2.45, 2.75) is 24.9 Å². The number of furan rings is 1. The number of hydrogen-bond acceptors (Lipinski definition) is 5. The van der Waals surface area contributed by atoms with E-state index in [4.69, 9.17) is 4.42 Å². The average Bonchev–Trinajstić information content (AvgIpc) is 3.19. The predicted octanol–water partition coefficient (Wildman–Crippen LogP) is 1.41. The Morgan fingerprint density at radius 1 is 1.50 bits per heavy atom. The molecule has 2 aromatic heterocycles. The molecule has 6 nitrogen and oxygen atoms in total. The second-order valence-corrected chi connectivity index (χ2v) is 4.82. The summed E-state index contributed by atoms with van der Waals surface area (Å²) in [6, 6.07) is 4.92. The lowest BCUT2D eigenvalue weighted by atomic mass is 10.2. The number of nitrogens with one attached hydrogen (secondary N) is 1. The largest absolute Gasteiger partial charge is 0.467 e. The molecule has 20 heavy (non-hydrogen) atoms. The molecule has 1 amide bonds. The van der Waals surface area contributed by atoms with E-state index in [9.17, 15) is 9.90 Å². The highest BCUT2D eigenvalue weighted by molar-refractivity contribution is 5.92. The molecule has 1 aliphatic rings. The van der Waals surface area contributed by atoms with Gasteiger partial charge in [-0.25, -0.2) is 9.97 Å². The van der Waals surface area contributed by atoms with Crippen LogP contribution in [0, 0.1) is 0 Å². The van der Waals surface area contributed by atoms with Crippen molar-refractivity contribution >= 4 is 5.91 Å². The van der Waals surface area contributed by atoms with E-state index < -0.39 is 6.10 Å². The van der Waals surface area contributed by atoms with E-state index in [2.05, 4.69) is 15.3 Å². The minimum atomic E-state index is -0.862. The van der Waals surface area contributed by atoms with E-state index in [1.54, 1.807) is 24.4 Å². The summed E-state index contributed by atoms with van der Waals surface area (Å²) in [5.41, 5.74) is 0.327. The van der Waals surface area contributed by atoms with Crippen molar-refractivity contribution in [3.8, 4) is 0 Å². The summed E-state index contributed by atoms with van der Waals surface area (Å²) in [4.78, 5) is 20.4. The van der Waals surface area contributed by atoms with Gasteiger partial charge in [-0.2, -0.15) is 0 Å². The van der Waals surface area contributed by atoms with Crippen LogP contribution in [0.3, 0.4) is 0 Å². The first-order chi connectivity index (χ1) is 9.74. The van der Waals surface area contributed by atoms with Gasteiger partial charge in [0.2, 0.25) is 0 Å². The zero-order valence-electron chi connectivity index (χ0n) is 10.8. The van der Waals surface area contributed by atoms with Crippen molar-refractivity contribution in [2.75, 3.05) is 6.54 Å². The molecule has 1 unspecified atom stereocenters. The van der Waals surface area contributed by atoms with E-state index in [-0.39, 0.29) is 12.5 Å². The van der Waals surface area contributed by atoms with E-state index >= 15 is 0 Å². The van der Waals surface area contributed by atoms with Crippen LogP contribution in [0.15, 0.2) is 35.1 Å². The molecule has 2 heterocycles. The number of hydrogen-bond donors (Lipinski definition) is 2. The number of aliphatic hydroxyl groups is 1. The van der Waals surface area contributed by atoms with Crippen LogP contribution in [0.1, 0.15) is 46.9 Å². The lowest BCUT2D eigenvalue weighted by molar-refractivity contribution is 0.0896. The van der Waals surface area contributed by atoms with Gasteiger partial charge in [0.05, 0.1) is 12.8 Å². The van der Waals surface area contributed by atoms with Crippen LogP contribution in [0.5, 0.6) is 0 Å². The predicted molar refractivity (Wildman–Crippen MR) is 70.0 cm³/mol. The van der Waals surface area contributed by atoms with Crippen molar-refractivity contribution < 1.29 is 14.3 Å². The van der Waals surface area contributed by atoms with Crippen molar-refractivity contribution in [1.29, 1.82) is 0 Å². The fourth-order valence-electron chi connectivity index (χ4n) is 1.90. The van der Waals surface area contributed by atoms with E-state index in [0.717, 1.165) is 18.7 Å². The van der Waals surface area contributed by atoms with Crippen LogP contribution in [0.2, 0.25) is 0 Å². The summed E-state index contributed by atoms with van der Waals surface area (Å²) >= 11 is 0. The van der Waals surface area contributed by atoms with Crippen LogP contribution in [0.4, 0.5) is 0 Å². The van der Waals surface area contributed by atoms with Crippen LogP contribution >= 0.6 is 0 Å². The normalized spacial score (nSPS) is 15.8. The number of aliphatic hydroxyl groups excluding tert-OH is 1. The van der Waals surface area contributed by atoms with E-state index in [0.29, 0.717) is 17.4 Å². The third kappa shape index (κ3) is 2.85. The Labute approximate surface area is 115 Å². The number of rotatable bonds is 5. The number of nitrogens with zero attached hydrogens (tertiary/aromatic N) is 2. The number of aromatic nitrogens is 2. The standard InChI is InChI=1S/C14H15N3O3/c18-11(12-2-1-7-20-12)8-16-14(19)10-5-6-15-13(17-10)9-3-4-9/h1-2,5-7,9,11,18H,3-4,8H2,(H,16,19). The lowest BCUT2D eigenvalue weighted by Gasteiger charge is -2.09. The van der Waals surface area contributed by atoms with Crippen molar-refractivity contribution in [1.82, 2.24) is 15.3 Å². The molecule has 1 aliphatic carbocycles. The van der Waals surface area contributed by atoms with Crippen LogP contribution in [0.25, 0.3) is 0 Å². The Balaban J connectivity index is 1.60. The fraction of sp³-hybridized carbons (Fsp3) is 0.357. The summed E-state index contributed by atoms with van der Waals surface area (Å²) in [6.07, 6.45) is 4.38. The number of amides is 1. The maximum Gasteiger partial charge on any atom is 0.270 e. The molecule has 0 bridgehead atoms. The molecule has 1 atom stereocenters. The van der Waals surface area contributed by atoms with Crippen molar-refractivity contribution in [3.63, 3.8) is 0 Å². The van der Waals surface area contributed by atoms with Crippen LogP contribution < -0.4 is 5.32 Å². The monoisotopic (exact) mass is 273 g/mol. The van der Waals surface area contributed by atoms with Crippen molar-refractivity contribution in [2.24, 2.45) is 0 Å². The second-order valence-electron chi connectivity index (χ2n) is 4.82. The first kappa shape index (κ1) is 12.8. The highest BCUT2D eigenvalue weighted by Gasteiger charge is 2.27. The molecule has 1 saturated carbocycles. The number of carbonyl (C=O) groups is 1. The zero-order chi connectivity index (χ0) is 13.9. The van der Waals surface area contributed by atoms with Gasteiger partial charge in [0, 0.05) is 12.1 Å². The Bertz CT molecular complexity index is 593. The van der Waals surface area contributed by atoms with Gasteiger partial charge in [0.15, 0.2) is 0 Å². The Morgan fingerprint density at radius 3 is 3.05 bits per heavy atom. The minimum absolute atomic E-state index is 0.0785. The third-order valence-electron chi connectivity index (χ3n) is 3.18. The first-order valence-corrected chi connectivity index (χ1v) is 6.56. The smallest absolute Gasteiger partial charge is 0.270 e. The van der Waals surface area contributed by atoms with Gasteiger partial charge in [0.25, 0.3) is 5.91 Å². The molecule has 6 heteroatoms. The quantitative estimate of drug-likeness (QED) is 0.860. The van der Waals surface area contributed by atoms with Gasteiger partial charge in [-0.15, -0.1) is 0 Å². The SMILES string of the molecule is O=C(NCC(O)c1ccco1)c1ccnc(C2CC2)n1. The summed E-state index contributed by atoms with van der Waals surface area (Å²) < 4.78 is 5.07. The second kappa shape index (κ2) is 5.42. The molecular formula is C14H15N3O3. The summed E-state index contributed by atoms with van der Waals surface area (Å²) in [5.74, 6) is 1.23. The van der Waals surface area contributed by atoms with E-state index in [1.165, 1.54) is 6.26 Å². The zero-order valence-corrected chi connectivity index (χ0v) is 10.8. The van der Waals surface area contributed by atoms with Gasteiger partial charge in [-0.05, 0) is 31.0 Å². The number of carbonyl (C=O) groups excluding carboxylic acids is 1. The van der Waals surface area contributed by atoms with Gasteiger partial charge in [-0.3, -0.25) is 4.79 Å². The first-order valence-electron chi connectivity index (χ1n) is 6.56. The maximum atomic E-state index is 12.0. The molecule has 0 saturated heterocycles. The molecule has 2 N–H and O–H groups in total. The Hall–Kier alpha value is -2.21. The summed E-state index contributed by atoms with van der Waals surface area (Å²) in [7, 11) is 0. The summed E-state index contributed by atoms with van der Waals surface area (Å²) in [5, 5.41) is 12.5. The topological polar surface area (TPSA) is 88.2 Å². The van der Waals surface area contributed by atoms with Crippen LogP contribution in [-0.2, 0) is 0 Å². The fourth-order valence-corrected chi connectivity index (χ4v) is 1.90. The average molecular weight is 273 g/mol. The molecule has 104 valence electrons. The van der Waals surface area contributed by atoms with Crippen molar-refractivity contribution in [3.05, 3.63) is 47.9 Å². The molecular weight excluding hydrogens is 258 g/mol. The highest BCUT2D eigenvalue weighted by atomic mass is 16.4. The molecule has 0 aliphatic heterocycles. The van der Waals surface area contributed by atoms with E-state index in [1.807, 2.05) is 0 Å². The Kier molecular flexibility index (Phi) is 3.47. The molecule has 0 aromatic carbocycles. The third-order valence-corrected chi connectivity index (χ3v) is 3.18. The van der Waals surface area contributed by atoms with Gasteiger partial charge in [-0.1, -0.05) is 0 Å². The molecule has 2 aromatic rings. The highest BCUT2D eigenvalue weighted by Crippen LogP contribution is 2.37. The Morgan fingerprint density at radius 2 is 2.35 bits per heavy atom. The molecule has 3 rings (SSSR count). The summed E-state index contributed by atoms with van der Waals surface area (Å²) in [6.45, 7) is 0.0785. The van der Waals surface area contributed by atoms with Gasteiger partial charge < -0.3 is 14.8 Å². The van der Waals surface area contributed by atoms with Gasteiger partial charge in [0.1, 0.15) is 23.4 Å². The van der Waals surface area contributed by atoms with Gasteiger partial charge >= 0.3 is 0 Å². The molecule has 0 spiro atoms. The molecule has 0 radical (unpaired) electrons. The minimum Gasteiger partial charge on any atom is -0.467 e. The maximum absolute atomic E-state index is 12.0.